The molecule has 0 aliphatic rings. The van der Waals surface area contributed by atoms with Crippen molar-refractivity contribution in [3.8, 4) is 6.07 Å². The van der Waals surface area contributed by atoms with Crippen LogP contribution in [0.4, 0.5) is 0 Å². The molecule has 1 aromatic rings. The minimum atomic E-state index is 0.316. The fourth-order valence-corrected chi connectivity index (χ4v) is 0.873. The summed E-state index contributed by atoms with van der Waals surface area (Å²) in [7, 11) is 0. The van der Waals surface area contributed by atoms with E-state index in [1.807, 2.05) is 26.8 Å². The van der Waals surface area contributed by atoms with Gasteiger partial charge in [-0.1, -0.05) is 13.8 Å². The Morgan fingerprint density at radius 1 is 1.50 bits per heavy atom. The van der Waals surface area contributed by atoms with Crippen molar-refractivity contribution in [2.24, 2.45) is 0 Å². The summed E-state index contributed by atoms with van der Waals surface area (Å²) in [4.78, 5) is 8.29. The standard InChI is InChI=1S/C9H11N3/c1-6(2)9-11-5-8(4-10)7(3)12-9/h5-6H,1-3H3. The van der Waals surface area contributed by atoms with Gasteiger partial charge in [-0.3, -0.25) is 0 Å². The second kappa shape index (κ2) is 3.31. The number of hydrogen-bond donors (Lipinski definition) is 0. The lowest BCUT2D eigenvalue weighted by Gasteiger charge is -2.03. The molecule has 0 aromatic carbocycles. The average molecular weight is 161 g/mol. The number of hydrogen-bond acceptors (Lipinski definition) is 3. The quantitative estimate of drug-likeness (QED) is 0.630. The van der Waals surface area contributed by atoms with Gasteiger partial charge in [0.05, 0.1) is 11.3 Å². The maximum absolute atomic E-state index is 8.62. The molecule has 0 unspecified atom stereocenters. The molecule has 1 heterocycles. The van der Waals surface area contributed by atoms with Crippen molar-refractivity contribution in [3.63, 3.8) is 0 Å². The summed E-state index contributed by atoms with van der Waals surface area (Å²) in [6.45, 7) is 5.88. The van der Waals surface area contributed by atoms with Gasteiger partial charge in [-0.2, -0.15) is 5.26 Å². The molecule has 0 aliphatic heterocycles. The van der Waals surface area contributed by atoms with Crippen LogP contribution in [0.3, 0.4) is 0 Å². The highest BCUT2D eigenvalue weighted by molar-refractivity contribution is 5.29. The van der Waals surface area contributed by atoms with Gasteiger partial charge in [0.1, 0.15) is 11.9 Å². The van der Waals surface area contributed by atoms with Crippen molar-refractivity contribution >= 4 is 0 Å². The van der Waals surface area contributed by atoms with Crippen LogP contribution in [0.1, 0.15) is 36.8 Å². The third-order valence-corrected chi connectivity index (χ3v) is 1.63. The highest BCUT2D eigenvalue weighted by atomic mass is 14.9. The van der Waals surface area contributed by atoms with E-state index in [4.69, 9.17) is 5.26 Å². The molecule has 3 heteroatoms. The summed E-state index contributed by atoms with van der Waals surface area (Å²) in [5.41, 5.74) is 1.32. The molecular formula is C9H11N3. The van der Waals surface area contributed by atoms with E-state index in [0.717, 1.165) is 11.5 Å². The Bertz CT molecular complexity index is 323. The Labute approximate surface area is 72.1 Å². The Balaban J connectivity index is 3.12. The van der Waals surface area contributed by atoms with E-state index >= 15 is 0 Å². The molecule has 0 saturated heterocycles. The average Bonchev–Trinajstić information content (AvgIpc) is 2.04. The molecule has 3 nitrogen and oxygen atoms in total. The zero-order valence-electron chi connectivity index (χ0n) is 7.50. The minimum Gasteiger partial charge on any atom is -0.240 e. The van der Waals surface area contributed by atoms with Gasteiger partial charge in [-0.05, 0) is 6.92 Å². The smallest absolute Gasteiger partial charge is 0.131 e. The fourth-order valence-electron chi connectivity index (χ4n) is 0.873. The zero-order valence-corrected chi connectivity index (χ0v) is 7.50. The number of rotatable bonds is 1. The van der Waals surface area contributed by atoms with Crippen LogP contribution >= 0.6 is 0 Å². The van der Waals surface area contributed by atoms with Gasteiger partial charge in [-0.15, -0.1) is 0 Å². The first-order chi connectivity index (χ1) is 5.65. The van der Waals surface area contributed by atoms with E-state index in [1.165, 1.54) is 0 Å². The van der Waals surface area contributed by atoms with Gasteiger partial charge in [0.15, 0.2) is 0 Å². The molecular weight excluding hydrogens is 150 g/mol. The van der Waals surface area contributed by atoms with Crippen molar-refractivity contribution in [3.05, 3.63) is 23.3 Å². The van der Waals surface area contributed by atoms with Crippen LogP contribution in [0.2, 0.25) is 0 Å². The first-order valence-electron chi connectivity index (χ1n) is 3.88. The van der Waals surface area contributed by atoms with Gasteiger partial charge in [0.2, 0.25) is 0 Å². The van der Waals surface area contributed by atoms with Gasteiger partial charge in [0.25, 0.3) is 0 Å². The second-order valence-electron chi connectivity index (χ2n) is 2.99. The summed E-state index contributed by atoms with van der Waals surface area (Å²) in [6.07, 6.45) is 1.58. The van der Waals surface area contributed by atoms with E-state index in [-0.39, 0.29) is 0 Å². The van der Waals surface area contributed by atoms with Crippen molar-refractivity contribution < 1.29 is 0 Å². The Hall–Kier alpha value is -1.43. The molecule has 0 aliphatic carbocycles. The highest BCUT2D eigenvalue weighted by Gasteiger charge is 2.04. The summed E-state index contributed by atoms with van der Waals surface area (Å²) < 4.78 is 0. The van der Waals surface area contributed by atoms with Crippen LogP contribution in [-0.4, -0.2) is 9.97 Å². The first kappa shape index (κ1) is 8.66. The van der Waals surface area contributed by atoms with Crippen molar-refractivity contribution in [1.82, 2.24) is 9.97 Å². The molecule has 1 aromatic heterocycles. The highest BCUT2D eigenvalue weighted by Crippen LogP contribution is 2.10. The first-order valence-corrected chi connectivity index (χ1v) is 3.88. The predicted octanol–water partition coefficient (Wildman–Crippen LogP) is 1.78. The molecule has 0 N–H and O–H groups in total. The van der Waals surface area contributed by atoms with E-state index in [2.05, 4.69) is 9.97 Å². The Morgan fingerprint density at radius 3 is 2.58 bits per heavy atom. The maximum Gasteiger partial charge on any atom is 0.131 e. The Kier molecular flexibility index (Phi) is 2.39. The molecule has 0 spiro atoms. The second-order valence-corrected chi connectivity index (χ2v) is 2.99. The SMILES string of the molecule is Cc1nc(C(C)C)ncc1C#N. The summed E-state index contributed by atoms with van der Waals surface area (Å²) in [6, 6.07) is 2.04. The van der Waals surface area contributed by atoms with E-state index in [1.54, 1.807) is 6.20 Å². The van der Waals surface area contributed by atoms with Crippen molar-refractivity contribution in [1.29, 1.82) is 5.26 Å². The lowest BCUT2D eigenvalue weighted by Crippen LogP contribution is -2.00. The van der Waals surface area contributed by atoms with Crippen LogP contribution < -0.4 is 0 Å². The van der Waals surface area contributed by atoms with Crippen molar-refractivity contribution in [2.75, 3.05) is 0 Å². The normalized spacial score (nSPS) is 9.92. The number of aromatic nitrogens is 2. The summed E-state index contributed by atoms with van der Waals surface area (Å²) in [5, 5.41) is 8.62. The lowest BCUT2D eigenvalue weighted by molar-refractivity contribution is 0.764. The van der Waals surface area contributed by atoms with E-state index < -0.39 is 0 Å². The largest absolute Gasteiger partial charge is 0.240 e. The topological polar surface area (TPSA) is 49.6 Å². The fraction of sp³-hybridized carbons (Fsp3) is 0.444. The number of nitrogens with zero attached hydrogens (tertiary/aromatic N) is 3. The van der Waals surface area contributed by atoms with E-state index in [9.17, 15) is 0 Å². The molecule has 62 valence electrons. The van der Waals surface area contributed by atoms with Gasteiger partial charge < -0.3 is 0 Å². The maximum atomic E-state index is 8.62. The number of aryl methyl sites for hydroxylation is 1. The zero-order chi connectivity index (χ0) is 9.14. The summed E-state index contributed by atoms with van der Waals surface area (Å²) in [5.74, 6) is 1.11. The third kappa shape index (κ3) is 1.59. The van der Waals surface area contributed by atoms with Gasteiger partial charge in [0, 0.05) is 12.1 Å². The lowest BCUT2D eigenvalue weighted by atomic mass is 10.2. The predicted molar refractivity (Wildman–Crippen MR) is 45.6 cm³/mol. The van der Waals surface area contributed by atoms with Crippen molar-refractivity contribution in [2.45, 2.75) is 26.7 Å². The third-order valence-electron chi connectivity index (χ3n) is 1.63. The molecule has 0 fully saturated rings. The Morgan fingerprint density at radius 2 is 2.17 bits per heavy atom. The van der Waals surface area contributed by atoms with Crippen LogP contribution in [0.5, 0.6) is 0 Å². The molecule has 1 rings (SSSR count). The van der Waals surface area contributed by atoms with Crippen LogP contribution in [0.15, 0.2) is 6.20 Å². The molecule has 0 radical (unpaired) electrons. The molecule has 12 heavy (non-hydrogen) atoms. The minimum absolute atomic E-state index is 0.316. The van der Waals surface area contributed by atoms with Gasteiger partial charge in [-0.25, -0.2) is 9.97 Å². The number of nitriles is 1. The monoisotopic (exact) mass is 161 g/mol. The van der Waals surface area contributed by atoms with Crippen LogP contribution in [0.25, 0.3) is 0 Å². The molecule has 0 atom stereocenters. The van der Waals surface area contributed by atoms with Gasteiger partial charge >= 0.3 is 0 Å². The molecule has 0 saturated carbocycles. The molecule has 0 amide bonds. The van der Waals surface area contributed by atoms with E-state index in [0.29, 0.717) is 11.5 Å². The molecule has 0 bridgehead atoms. The van der Waals surface area contributed by atoms with Crippen LogP contribution in [0, 0.1) is 18.3 Å². The summed E-state index contributed by atoms with van der Waals surface area (Å²) >= 11 is 0. The van der Waals surface area contributed by atoms with Crippen LogP contribution in [-0.2, 0) is 0 Å².